The maximum Gasteiger partial charge on any atom is 0.272 e. The van der Waals surface area contributed by atoms with E-state index in [1.54, 1.807) is 6.07 Å². The molecule has 5 nitrogen and oxygen atoms in total. The number of hydrogen-bond donors (Lipinski definition) is 2. The van der Waals surface area contributed by atoms with Crippen LogP contribution in [0.1, 0.15) is 60.4 Å². The van der Waals surface area contributed by atoms with E-state index in [4.69, 9.17) is 4.42 Å². The van der Waals surface area contributed by atoms with Crippen LogP contribution in [-0.2, 0) is 0 Å². The number of H-pyrrole nitrogens is 1. The number of aromatic nitrogens is 2. The first-order valence-electron chi connectivity index (χ1n) is 6.40. The SMILES string of the molecule is Cc1ccc([C@@H](C)NC(=O)c2cc(C(C)C)[nH]n2)o1. The Hall–Kier alpha value is -2.04. The van der Waals surface area contributed by atoms with Gasteiger partial charge in [-0.25, -0.2) is 0 Å². The lowest BCUT2D eigenvalue weighted by Crippen LogP contribution is -2.26. The third-order valence-electron chi connectivity index (χ3n) is 2.99. The van der Waals surface area contributed by atoms with Crippen LogP contribution in [0.15, 0.2) is 22.6 Å². The summed E-state index contributed by atoms with van der Waals surface area (Å²) < 4.78 is 5.48. The van der Waals surface area contributed by atoms with Gasteiger partial charge in [0.05, 0.1) is 6.04 Å². The summed E-state index contributed by atoms with van der Waals surface area (Å²) in [5.41, 5.74) is 1.35. The molecule has 2 rings (SSSR count). The molecule has 0 radical (unpaired) electrons. The quantitative estimate of drug-likeness (QED) is 0.889. The zero-order chi connectivity index (χ0) is 14.0. The van der Waals surface area contributed by atoms with Crippen LogP contribution in [0.4, 0.5) is 0 Å². The molecule has 0 aliphatic carbocycles. The minimum absolute atomic E-state index is 0.180. The van der Waals surface area contributed by atoms with Crippen LogP contribution in [0.2, 0.25) is 0 Å². The molecule has 0 fully saturated rings. The van der Waals surface area contributed by atoms with E-state index in [2.05, 4.69) is 15.5 Å². The molecule has 0 aliphatic heterocycles. The number of amides is 1. The van der Waals surface area contributed by atoms with Crippen LogP contribution in [0, 0.1) is 6.92 Å². The van der Waals surface area contributed by atoms with Crippen molar-refractivity contribution in [2.24, 2.45) is 0 Å². The van der Waals surface area contributed by atoms with Gasteiger partial charge in [0.1, 0.15) is 17.2 Å². The molecule has 2 heterocycles. The number of carbonyl (C=O) groups is 1. The van der Waals surface area contributed by atoms with Gasteiger partial charge in [-0.15, -0.1) is 0 Å². The molecule has 19 heavy (non-hydrogen) atoms. The summed E-state index contributed by atoms with van der Waals surface area (Å²) in [5, 5.41) is 9.75. The molecule has 0 saturated carbocycles. The van der Waals surface area contributed by atoms with Crippen LogP contribution >= 0.6 is 0 Å². The molecule has 0 saturated heterocycles. The smallest absolute Gasteiger partial charge is 0.272 e. The minimum Gasteiger partial charge on any atom is -0.464 e. The highest BCUT2D eigenvalue weighted by molar-refractivity contribution is 5.92. The van der Waals surface area contributed by atoms with Crippen LogP contribution < -0.4 is 5.32 Å². The molecule has 0 unspecified atom stereocenters. The lowest BCUT2D eigenvalue weighted by molar-refractivity contribution is 0.0930. The normalized spacial score (nSPS) is 12.7. The average molecular weight is 261 g/mol. The second kappa shape index (κ2) is 5.30. The number of hydrogen-bond acceptors (Lipinski definition) is 3. The highest BCUT2D eigenvalue weighted by Crippen LogP contribution is 2.17. The van der Waals surface area contributed by atoms with E-state index < -0.39 is 0 Å². The van der Waals surface area contributed by atoms with Crippen LogP contribution in [0.25, 0.3) is 0 Å². The summed E-state index contributed by atoms with van der Waals surface area (Å²) in [6.45, 7) is 7.85. The first-order chi connectivity index (χ1) is 8.97. The number of nitrogens with zero attached hydrogens (tertiary/aromatic N) is 1. The molecule has 2 aromatic heterocycles. The second-order valence-corrected chi connectivity index (χ2v) is 5.01. The number of nitrogens with one attached hydrogen (secondary N) is 2. The largest absolute Gasteiger partial charge is 0.464 e. The standard InChI is InChI=1S/C14H19N3O2/c1-8(2)11-7-12(17-16-11)14(18)15-10(4)13-6-5-9(3)19-13/h5-8,10H,1-4H3,(H,15,18)(H,16,17)/t10-/m1/s1. The first kappa shape index (κ1) is 13.4. The van der Waals surface area contributed by atoms with E-state index in [-0.39, 0.29) is 11.9 Å². The molecule has 2 N–H and O–H groups in total. The van der Waals surface area contributed by atoms with E-state index in [0.29, 0.717) is 11.6 Å². The van der Waals surface area contributed by atoms with Gasteiger partial charge in [0, 0.05) is 5.69 Å². The fourth-order valence-electron chi connectivity index (χ4n) is 1.78. The van der Waals surface area contributed by atoms with Crippen molar-refractivity contribution < 1.29 is 9.21 Å². The topological polar surface area (TPSA) is 70.9 Å². The van der Waals surface area contributed by atoms with Gasteiger partial charge in [0.2, 0.25) is 0 Å². The molecule has 1 amide bonds. The Morgan fingerprint density at radius 2 is 2.11 bits per heavy atom. The van der Waals surface area contributed by atoms with Gasteiger partial charge in [0.25, 0.3) is 5.91 Å². The third kappa shape index (κ3) is 3.05. The molecule has 5 heteroatoms. The Kier molecular flexibility index (Phi) is 3.74. The van der Waals surface area contributed by atoms with Crippen molar-refractivity contribution in [3.63, 3.8) is 0 Å². The van der Waals surface area contributed by atoms with Crippen molar-refractivity contribution in [3.05, 3.63) is 41.1 Å². The van der Waals surface area contributed by atoms with Crippen LogP contribution in [0.5, 0.6) is 0 Å². The van der Waals surface area contributed by atoms with Crippen LogP contribution in [0.3, 0.4) is 0 Å². The lowest BCUT2D eigenvalue weighted by Gasteiger charge is -2.09. The summed E-state index contributed by atoms with van der Waals surface area (Å²) in [6.07, 6.45) is 0. The van der Waals surface area contributed by atoms with Gasteiger partial charge in [-0.3, -0.25) is 9.89 Å². The first-order valence-corrected chi connectivity index (χ1v) is 6.40. The number of aryl methyl sites for hydroxylation is 1. The van der Waals surface area contributed by atoms with E-state index in [9.17, 15) is 4.79 Å². The Bertz CT molecular complexity index is 569. The van der Waals surface area contributed by atoms with E-state index in [0.717, 1.165) is 17.2 Å². The van der Waals surface area contributed by atoms with E-state index in [1.165, 1.54) is 0 Å². The zero-order valence-corrected chi connectivity index (χ0v) is 11.7. The number of furan rings is 1. The maximum atomic E-state index is 12.0. The molecule has 2 aromatic rings. The van der Waals surface area contributed by atoms with Gasteiger partial charge in [-0.2, -0.15) is 5.10 Å². The Morgan fingerprint density at radius 1 is 1.37 bits per heavy atom. The highest BCUT2D eigenvalue weighted by atomic mass is 16.3. The number of rotatable bonds is 4. The highest BCUT2D eigenvalue weighted by Gasteiger charge is 2.17. The molecular weight excluding hydrogens is 242 g/mol. The average Bonchev–Trinajstić information content (AvgIpc) is 2.96. The predicted octanol–water partition coefficient (Wildman–Crippen LogP) is 2.93. The molecule has 102 valence electrons. The molecule has 0 spiro atoms. The van der Waals surface area contributed by atoms with Crippen molar-refractivity contribution in [1.82, 2.24) is 15.5 Å². The molecule has 0 bridgehead atoms. The molecule has 0 aromatic carbocycles. The van der Waals surface area contributed by atoms with Gasteiger partial charge in [0.15, 0.2) is 0 Å². The Labute approximate surface area is 112 Å². The summed E-state index contributed by atoms with van der Waals surface area (Å²) in [4.78, 5) is 12.0. The Balaban J connectivity index is 2.04. The van der Waals surface area contributed by atoms with Gasteiger partial charge >= 0.3 is 0 Å². The summed E-state index contributed by atoms with van der Waals surface area (Å²) in [6, 6.07) is 5.34. The van der Waals surface area contributed by atoms with Gasteiger partial charge < -0.3 is 9.73 Å². The number of carbonyl (C=O) groups excluding carboxylic acids is 1. The summed E-state index contributed by atoms with van der Waals surface area (Å²) >= 11 is 0. The van der Waals surface area contributed by atoms with Crippen molar-refractivity contribution in [1.29, 1.82) is 0 Å². The van der Waals surface area contributed by atoms with Gasteiger partial charge in [-0.1, -0.05) is 13.8 Å². The summed E-state index contributed by atoms with van der Waals surface area (Å²) in [7, 11) is 0. The van der Waals surface area contributed by atoms with Crippen molar-refractivity contribution >= 4 is 5.91 Å². The fraction of sp³-hybridized carbons (Fsp3) is 0.429. The van der Waals surface area contributed by atoms with Crippen LogP contribution in [-0.4, -0.2) is 16.1 Å². The molecule has 0 aliphatic rings. The second-order valence-electron chi connectivity index (χ2n) is 5.01. The lowest BCUT2D eigenvalue weighted by atomic mass is 10.1. The molecular formula is C14H19N3O2. The number of aromatic amines is 1. The van der Waals surface area contributed by atoms with E-state index >= 15 is 0 Å². The van der Waals surface area contributed by atoms with Gasteiger partial charge in [-0.05, 0) is 38.0 Å². The fourth-order valence-corrected chi connectivity index (χ4v) is 1.78. The monoisotopic (exact) mass is 261 g/mol. The maximum absolute atomic E-state index is 12.0. The van der Waals surface area contributed by atoms with Crippen molar-refractivity contribution in [2.75, 3.05) is 0 Å². The zero-order valence-electron chi connectivity index (χ0n) is 11.7. The van der Waals surface area contributed by atoms with Crippen molar-refractivity contribution in [2.45, 2.75) is 39.7 Å². The van der Waals surface area contributed by atoms with E-state index in [1.807, 2.05) is 39.8 Å². The predicted molar refractivity (Wildman–Crippen MR) is 72.0 cm³/mol. The Morgan fingerprint density at radius 3 is 2.63 bits per heavy atom. The third-order valence-corrected chi connectivity index (χ3v) is 2.99. The van der Waals surface area contributed by atoms with Crippen molar-refractivity contribution in [3.8, 4) is 0 Å². The summed E-state index contributed by atoms with van der Waals surface area (Å²) in [5.74, 6) is 1.69. The molecule has 1 atom stereocenters. The minimum atomic E-state index is -0.204.